The minimum Gasteiger partial charge on any atom is -0.379 e. The topological polar surface area (TPSA) is 93.2 Å². The number of benzene rings is 1. The van der Waals surface area contributed by atoms with Crippen molar-refractivity contribution >= 4 is 36.7 Å². The maximum atomic E-state index is 11.9. The SMILES string of the molecule is Cc1ncc(CNc2ccc(S(C)(=O)=O)cc2S(C)(=O)=O)s1. The Morgan fingerprint density at radius 2 is 1.82 bits per heavy atom. The van der Waals surface area contributed by atoms with Crippen LogP contribution in [0.1, 0.15) is 9.88 Å². The Morgan fingerprint density at radius 1 is 1.14 bits per heavy atom. The van der Waals surface area contributed by atoms with Crippen LogP contribution in [-0.2, 0) is 26.2 Å². The van der Waals surface area contributed by atoms with Crippen LogP contribution < -0.4 is 5.32 Å². The number of aryl methyl sites for hydroxylation is 1. The van der Waals surface area contributed by atoms with Gasteiger partial charge in [-0.3, -0.25) is 0 Å². The highest BCUT2D eigenvalue weighted by Gasteiger charge is 2.18. The van der Waals surface area contributed by atoms with E-state index in [4.69, 9.17) is 0 Å². The Balaban J connectivity index is 2.38. The van der Waals surface area contributed by atoms with Gasteiger partial charge in [0.25, 0.3) is 0 Å². The largest absolute Gasteiger partial charge is 0.379 e. The third-order valence-corrected chi connectivity index (χ3v) is 6.06. The van der Waals surface area contributed by atoms with Gasteiger partial charge in [0.1, 0.15) is 0 Å². The molecule has 0 fully saturated rings. The van der Waals surface area contributed by atoms with Gasteiger partial charge in [-0.2, -0.15) is 0 Å². The fourth-order valence-electron chi connectivity index (χ4n) is 1.86. The van der Waals surface area contributed by atoms with Crippen molar-refractivity contribution in [2.24, 2.45) is 0 Å². The van der Waals surface area contributed by atoms with Gasteiger partial charge in [0, 0.05) is 23.6 Å². The van der Waals surface area contributed by atoms with Crippen molar-refractivity contribution in [2.75, 3.05) is 17.8 Å². The predicted molar refractivity (Wildman–Crippen MR) is 86.8 cm³/mol. The number of rotatable bonds is 5. The van der Waals surface area contributed by atoms with E-state index < -0.39 is 19.7 Å². The molecule has 1 aromatic heterocycles. The maximum Gasteiger partial charge on any atom is 0.177 e. The van der Waals surface area contributed by atoms with Crippen LogP contribution >= 0.6 is 11.3 Å². The first-order chi connectivity index (χ1) is 10.1. The average molecular weight is 360 g/mol. The van der Waals surface area contributed by atoms with Gasteiger partial charge in [-0.1, -0.05) is 0 Å². The summed E-state index contributed by atoms with van der Waals surface area (Å²) in [6, 6.07) is 4.05. The molecule has 6 nitrogen and oxygen atoms in total. The summed E-state index contributed by atoms with van der Waals surface area (Å²) in [7, 11) is -7.02. The van der Waals surface area contributed by atoms with Crippen LogP contribution in [0.4, 0.5) is 5.69 Å². The van der Waals surface area contributed by atoms with E-state index in [0.29, 0.717) is 12.2 Å². The summed E-state index contributed by atoms with van der Waals surface area (Å²) < 4.78 is 47.0. The van der Waals surface area contributed by atoms with Crippen molar-refractivity contribution in [3.63, 3.8) is 0 Å². The number of nitrogens with zero attached hydrogens (tertiary/aromatic N) is 1. The van der Waals surface area contributed by atoms with E-state index in [1.165, 1.54) is 29.5 Å². The molecule has 1 aromatic carbocycles. The lowest BCUT2D eigenvalue weighted by molar-refractivity contribution is 0.600. The molecule has 0 aliphatic rings. The molecule has 2 aromatic rings. The zero-order valence-corrected chi connectivity index (χ0v) is 14.8. The molecule has 0 atom stereocenters. The van der Waals surface area contributed by atoms with Gasteiger partial charge < -0.3 is 5.32 Å². The Kier molecular flexibility index (Phi) is 4.59. The lowest BCUT2D eigenvalue weighted by Gasteiger charge is -2.11. The molecule has 9 heteroatoms. The Labute approximate surface area is 134 Å². The van der Waals surface area contributed by atoms with E-state index in [1.54, 1.807) is 6.20 Å². The highest BCUT2D eigenvalue weighted by Crippen LogP contribution is 2.26. The molecular weight excluding hydrogens is 344 g/mol. The first kappa shape index (κ1) is 16.9. The first-order valence-corrected chi connectivity index (χ1v) is 10.9. The molecule has 0 saturated heterocycles. The van der Waals surface area contributed by atoms with Crippen molar-refractivity contribution in [3.05, 3.63) is 34.3 Å². The van der Waals surface area contributed by atoms with Gasteiger partial charge >= 0.3 is 0 Å². The van der Waals surface area contributed by atoms with Crippen molar-refractivity contribution in [1.29, 1.82) is 0 Å². The molecule has 0 radical (unpaired) electrons. The van der Waals surface area contributed by atoms with E-state index in [0.717, 1.165) is 22.4 Å². The normalized spacial score (nSPS) is 12.3. The molecule has 1 heterocycles. The zero-order valence-electron chi connectivity index (χ0n) is 12.3. The average Bonchev–Trinajstić information content (AvgIpc) is 2.80. The van der Waals surface area contributed by atoms with Crippen LogP contribution in [0.5, 0.6) is 0 Å². The smallest absolute Gasteiger partial charge is 0.177 e. The lowest BCUT2D eigenvalue weighted by Crippen LogP contribution is -2.08. The molecule has 0 amide bonds. The molecular formula is C13H16N2O4S3. The van der Waals surface area contributed by atoms with Crippen molar-refractivity contribution < 1.29 is 16.8 Å². The lowest BCUT2D eigenvalue weighted by atomic mass is 10.3. The zero-order chi connectivity index (χ0) is 16.5. The van der Waals surface area contributed by atoms with Crippen LogP contribution in [0.15, 0.2) is 34.2 Å². The second-order valence-electron chi connectivity index (χ2n) is 4.90. The molecule has 22 heavy (non-hydrogen) atoms. The number of sulfone groups is 2. The third kappa shape index (κ3) is 4.05. The summed E-state index contributed by atoms with van der Waals surface area (Å²) in [6.45, 7) is 2.31. The minimum atomic E-state index is -3.55. The molecule has 1 N–H and O–H groups in total. The number of nitrogens with one attached hydrogen (secondary N) is 1. The van der Waals surface area contributed by atoms with Crippen molar-refractivity contribution in [3.8, 4) is 0 Å². The van der Waals surface area contributed by atoms with E-state index >= 15 is 0 Å². The first-order valence-electron chi connectivity index (χ1n) is 6.27. The number of aromatic nitrogens is 1. The third-order valence-electron chi connectivity index (χ3n) is 2.90. The maximum absolute atomic E-state index is 11.9. The Bertz CT molecular complexity index is 899. The summed E-state index contributed by atoms with van der Waals surface area (Å²) in [6.07, 6.45) is 3.82. The molecule has 120 valence electrons. The van der Waals surface area contributed by atoms with Gasteiger partial charge in [0.05, 0.1) is 27.0 Å². The number of hydrogen-bond acceptors (Lipinski definition) is 7. The van der Waals surface area contributed by atoms with Crippen molar-refractivity contribution in [1.82, 2.24) is 4.98 Å². The molecule has 0 saturated carbocycles. The summed E-state index contributed by atoms with van der Waals surface area (Å²) in [5.74, 6) is 0. The molecule has 0 aliphatic heterocycles. The second kappa shape index (κ2) is 5.98. The summed E-state index contributed by atoms with van der Waals surface area (Å²) in [5, 5.41) is 3.95. The highest BCUT2D eigenvalue weighted by atomic mass is 32.2. The summed E-state index contributed by atoms with van der Waals surface area (Å²) in [5.41, 5.74) is 0.376. The van der Waals surface area contributed by atoms with E-state index in [-0.39, 0.29) is 9.79 Å². The van der Waals surface area contributed by atoms with Gasteiger partial charge in [-0.25, -0.2) is 21.8 Å². The summed E-state index contributed by atoms with van der Waals surface area (Å²) in [4.78, 5) is 5.04. The van der Waals surface area contributed by atoms with Gasteiger partial charge in [-0.05, 0) is 25.1 Å². The molecule has 2 rings (SSSR count). The fraction of sp³-hybridized carbons (Fsp3) is 0.308. The van der Waals surface area contributed by atoms with Gasteiger partial charge in [0.2, 0.25) is 0 Å². The van der Waals surface area contributed by atoms with Gasteiger partial charge in [-0.15, -0.1) is 11.3 Å². The second-order valence-corrected chi connectivity index (χ2v) is 10.2. The van der Waals surface area contributed by atoms with Gasteiger partial charge in [0.15, 0.2) is 19.7 Å². The van der Waals surface area contributed by atoms with Crippen LogP contribution in [-0.4, -0.2) is 34.3 Å². The molecule has 0 bridgehead atoms. The number of thiazole rings is 1. The molecule has 0 aliphatic carbocycles. The molecule has 0 unspecified atom stereocenters. The standard InChI is InChI=1S/C13H16N2O4S3/c1-9-14-7-10(20-9)8-15-12-5-4-11(21(2,16)17)6-13(12)22(3,18)19/h4-7,15H,8H2,1-3H3. The predicted octanol–water partition coefficient (Wildman–Crippen LogP) is 1.87. The van der Waals surface area contributed by atoms with E-state index in [2.05, 4.69) is 10.3 Å². The van der Waals surface area contributed by atoms with Crippen LogP contribution in [0.3, 0.4) is 0 Å². The number of anilines is 1. The summed E-state index contributed by atoms with van der Waals surface area (Å²) >= 11 is 1.51. The van der Waals surface area contributed by atoms with Crippen LogP contribution in [0.25, 0.3) is 0 Å². The van der Waals surface area contributed by atoms with E-state index in [1.807, 2.05) is 6.92 Å². The Morgan fingerprint density at radius 3 is 2.32 bits per heavy atom. The van der Waals surface area contributed by atoms with E-state index in [9.17, 15) is 16.8 Å². The molecule has 0 spiro atoms. The Hall–Kier alpha value is -1.45. The van der Waals surface area contributed by atoms with Crippen LogP contribution in [0, 0.1) is 6.92 Å². The number of hydrogen-bond donors (Lipinski definition) is 1. The fourth-order valence-corrected chi connectivity index (χ4v) is 4.19. The quantitative estimate of drug-likeness (QED) is 0.875. The van der Waals surface area contributed by atoms with Crippen molar-refractivity contribution in [2.45, 2.75) is 23.3 Å². The van der Waals surface area contributed by atoms with Crippen LogP contribution in [0.2, 0.25) is 0 Å². The highest BCUT2D eigenvalue weighted by molar-refractivity contribution is 7.91. The minimum absolute atomic E-state index is 0.0212. The monoisotopic (exact) mass is 360 g/mol.